The van der Waals surface area contributed by atoms with E-state index in [4.69, 9.17) is 5.26 Å². The molecule has 0 aliphatic heterocycles. The Balaban J connectivity index is 2.59. The Morgan fingerprint density at radius 3 is 2.39 bits per heavy atom. The molecule has 2 aromatic rings. The normalized spacial score (nSPS) is 10.1. The fourth-order valence-electron chi connectivity index (χ4n) is 1.83. The highest BCUT2D eigenvalue weighted by Gasteiger charge is 2.15. The van der Waals surface area contributed by atoms with Crippen molar-refractivity contribution < 1.29 is 4.79 Å². The third kappa shape index (κ3) is 1.84. The van der Waals surface area contributed by atoms with Crippen LogP contribution in [-0.2, 0) is 0 Å². The van der Waals surface area contributed by atoms with Gasteiger partial charge in [0.1, 0.15) is 5.56 Å². The lowest BCUT2D eigenvalue weighted by molar-refractivity contribution is 0.101. The summed E-state index contributed by atoms with van der Waals surface area (Å²) >= 11 is 0. The van der Waals surface area contributed by atoms with Crippen LogP contribution >= 0.6 is 0 Å². The van der Waals surface area contributed by atoms with Gasteiger partial charge in [0.25, 0.3) is 5.56 Å². The first kappa shape index (κ1) is 11.9. The van der Waals surface area contributed by atoms with E-state index in [9.17, 15) is 9.59 Å². The van der Waals surface area contributed by atoms with Gasteiger partial charge in [-0.2, -0.15) is 5.26 Å². The monoisotopic (exact) mass is 241 g/mol. The van der Waals surface area contributed by atoms with Gasteiger partial charge in [0, 0.05) is 5.69 Å². The standard InChI is InChI=1S/C13H11N3O2/c1-8-12(9(2)17)13(18)16(15-8)11-5-3-10(7-14)4-6-11/h3-6,15H,1-2H3. The molecule has 0 aliphatic rings. The maximum absolute atomic E-state index is 12.0. The van der Waals surface area contributed by atoms with Crippen LogP contribution in [0.25, 0.3) is 5.69 Å². The predicted octanol–water partition coefficient (Wildman–Crippen LogP) is 1.55. The van der Waals surface area contributed by atoms with Gasteiger partial charge in [0.2, 0.25) is 0 Å². The minimum atomic E-state index is -0.371. The van der Waals surface area contributed by atoms with Crippen LogP contribution in [0.4, 0.5) is 0 Å². The average molecular weight is 241 g/mol. The Hall–Kier alpha value is -2.61. The molecule has 1 aromatic carbocycles. The van der Waals surface area contributed by atoms with Crippen molar-refractivity contribution in [3.63, 3.8) is 0 Å². The third-order valence-corrected chi connectivity index (χ3v) is 2.68. The number of H-pyrrole nitrogens is 1. The molecule has 0 atom stereocenters. The van der Waals surface area contributed by atoms with Gasteiger partial charge in [-0.15, -0.1) is 0 Å². The van der Waals surface area contributed by atoms with Crippen LogP contribution in [0.3, 0.4) is 0 Å². The smallest absolute Gasteiger partial charge is 0.282 e. The lowest BCUT2D eigenvalue weighted by Crippen LogP contribution is -2.19. The maximum Gasteiger partial charge on any atom is 0.282 e. The zero-order valence-corrected chi connectivity index (χ0v) is 10.0. The van der Waals surface area contributed by atoms with Gasteiger partial charge < -0.3 is 0 Å². The fraction of sp³-hybridized carbons (Fsp3) is 0.154. The maximum atomic E-state index is 12.0. The molecule has 1 heterocycles. The number of hydrogen-bond acceptors (Lipinski definition) is 3. The fourth-order valence-corrected chi connectivity index (χ4v) is 1.83. The molecule has 0 fully saturated rings. The summed E-state index contributed by atoms with van der Waals surface area (Å²) < 4.78 is 1.30. The molecule has 0 saturated heterocycles. The van der Waals surface area contributed by atoms with Crippen molar-refractivity contribution in [2.75, 3.05) is 0 Å². The van der Waals surface area contributed by atoms with Gasteiger partial charge in [0.05, 0.1) is 17.3 Å². The first-order valence-electron chi connectivity index (χ1n) is 5.37. The summed E-state index contributed by atoms with van der Waals surface area (Å²) in [5.74, 6) is -0.263. The van der Waals surface area contributed by atoms with E-state index in [0.29, 0.717) is 16.9 Å². The van der Waals surface area contributed by atoms with Crippen molar-refractivity contribution in [3.05, 3.63) is 51.4 Å². The van der Waals surface area contributed by atoms with Crippen LogP contribution in [-0.4, -0.2) is 15.6 Å². The quantitative estimate of drug-likeness (QED) is 0.810. The summed E-state index contributed by atoms with van der Waals surface area (Å²) in [7, 11) is 0. The molecule has 0 aliphatic carbocycles. The van der Waals surface area contributed by atoms with Crippen molar-refractivity contribution in [1.29, 1.82) is 5.26 Å². The zero-order chi connectivity index (χ0) is 13.3. The summed E-state index contributed by atoms with van der Waals surface area (Å²) in [5, 5.41) is 11.6. The van der Waals surface area contributed by atoms with Crippen LogP contribution < -0.4 is 5.56 Å². The highest BCUT2D eigenvalue weighted by Crippen LogP contribution is 2.09. The summed E-state index contributed by atoms with van der Waals surface area (Å²) in [4.78, 5) is 23.4. The molecular weight excluding hydrogens is 230 g/mol. The minimum absolute atomic E-state index is 0.166. The number of aromatic amines is 1. The van der Waals surface area contributed by atoms with Crippen molar-refractivity contribution in [2.24, 2.45) is 0 Å². The van der Waals surface area contributed by atoms with E-state index in [1.165, 1.54) is 11.6 Å². The summed E-state index contributed by atoms with van der Waals surface area (Å²) in [6.07, 6.45) is 0. The van der Waals surface area contributed by atoms with Crippen LogP contribution in [0.1, 0.15) is 28.5 Å². The van der Waals surface area contributed by atoms with E-state index in [1.807, 2.05) is 6.07 Å². The summed E-state index contributed by atoms with van der Waals surface area (Å²) in [5.41, 5.74) is 1.44. The molecular formula is C13H11N3O2. The highest BCUT2D eigenvalue weighted by atomic mass is 16.2. The molecule has 18 heavy (non-hydrogen) atoms. The van der Waals surface area contributed by atoms with Gasteiger partial charge in [0.15, 0.2) is 5.78 Å². The molecule has 0 spiro atoms. The first-order valence-corrected chi connectivity index (χ1v) is 5.37. The Kier molecular flexibility index (Phi) is 2.86. The second-order valence-corrected chi connectivity index (χ2v) is 3.97. The van der Waals surface area contributed by atoms with E-state index >= 15 is 0 Å². The van der Waals surface area contributed by atoms with Crippen molar-refractivity contribution in [1.82, 2.24) is 9.78 Å². The van der Waals surface area contributed by atoms with Crippen molar-refractivity contribution in [3.8, 4) is 11.8 Å². The van der Waals surface area contributed by atoms with Gasteiger partial charge in [-0.3, -0.25) is 14.7 Å². The number of Topliss-reactive ketones (excluding diaryl/α,β-unsaturated/α-hetero) is 1. The molecule has 90 valence electrons. The molecule has 5 heteroatoms. The number of carbonyl (C=O) groups is 1. The van der Waals surface area contributed by atoms with Gasteiger partial charge in [-0.25, -0.2) is 4.68 Å². The van der Waals surface area contributed by atoms with Gasteiger partial charge >= 0.3 is 0 Å². The number of nitrogens with one attached hydrogen (secondary N) is 1. The highest BCUT2D eigenvalue weighted by molar-refractivity contribution is 5.94. The number of aromatic nitrogens is 2. The average Bonchev–Trinajstić information content (AvgIpc) is 2.65. The van der Waals surface area contributed by atoms with Crippen molar-refractivity contribution in [2.45, 2.75) is 13.8 Å². The number of aryl methyl sites for hydroxylation is 1. The number of nitrogens with zero attached hydrogens (tertiary/aromatic N) is 2. The molecule has 0 unspecified atom stereocenters. The van der Waals surface area contributed by atoms with E-state index in [2.05, 4.69) is 5.10 Å². The molecule has 0 bridgehead atoms. The van der Waals surface area contributed by atoms with Gasteiger partial charge in [-0.1, -0.05) is 0 Å². The molecule has 5 nitrogen and oxygen atoms in total. The zero-order valence-electron chi connectivity index (χ0n) is 10.0. The van der Waals surface area contributed by atoms with Crippen molar-refractivity contribution >= 4 is 5.78 Å². The third-order valence-electron chi connectivity index (χ3n) is 2.68. The molecule has 2 rings (SSSR count). The molecule has 0 amide bonds. The SMILES string of the molecule is CC(=O)c1c(C)[nH]n(-c2ccc(C#N)cc2)c1=O. The van der Waals surface area contributed by atoms with Crippen LogP contribution in [0.15, 0.2) is 29.1 Å². The van der Waals surface area contributed by atoms with Gasteiger partial charge in [-0.05, 0) is 38.1 Å². The Morgan fingerprint density at radius 1 is 1.33 bits per heavy atom. The van der Waals surface area contributed by atoms with E-state index in [1.54, 1.807) is 31.2 Å². The second-order valence-electron chi connectivity index (χ2n) is 3.97. The topological polar surface area (TPSA) is 78.7 Å². The predicted molar refractivity (Wildman–Crippen MR) is 65.8 cm³/mol. The number of nitriles is 1. The Labute approximate surface area is 103 Å². The van der Waals surface area contributed by atoms with E-state index in [0.717, 1.165) is 0 Å². The second kappa shape index (κ2) is 4.34. The molecule has 0 saturated carbocycles. The number of hydrogen-bond donors (Lipinski definition) is 1. The molecule has 1 aromatic heterocycles. The summed E-state index contributed by atoms with van der Waals surface area (Å²) in [6, 6.07) is 8.54. The first-order chi connectivity index (χ1) is 8.54. The Morgan fingerprint density at radius 2 is 1.94 bits per heavy atom. The summed E-state index contributed by atoms with van der Waals surface area (Å²) in [6.45, 7) is 3.04. The van der Waals surface area contributed by atoms with E-state index in [-0.39, 0.29) is 16.9 Å². The minimum Gasteiger partial charge on any atom is -0.295 e. The lowest BCUT2D eigenvalue weighted by Gasteiger charge is -2.00. The number of carbonyl (C=O) groups excluding carboxylic acids is 1. The van der Waals surface area contributed by atoms with Crippen LogP contribution in [0.5, 0.6) is 0 Å². The number of ketones is 1. The number of benzene rings is 1. The molecule has 0 radical (unpaired) electrons. The largest absolute Gasteiger partial charge is 0.295 e. The molecule has 1 N–H and O–H groups in total. The number of rotatable bonds is 2. The Bertz CT molecular complexity index is 699. The van der Waals surface area contributed by atoms with Crippen LogP contribution in [0.2, 0.25) is 0 Å². The van der Waals surface area contributed by atoms with Crippen LogP contribution in [0, 0.1) is 18.3 Å². The lowest BCUT2D eigenvalue weighted by atomic mass is 10.2. The van der Waals surface area contributed by atoms with E-state index < -0.39 is 0 Å².